The van der Waals surface area contributed by atoms with E-state index in [1.54, 1.807) is 12.4 Å². The minimum Gasteiger partial charge on any atom is -0.399 e. The Balaban J connectivity index is 2.00. The Bertz CT molecular complexity index is 814. The Kier molecular flexibility index (Phi) is 3.94. The lowest BCUT2D eigenvalue weighted by molar-refractivity contribution is 0.00578. The highest BCUT2D eigenvalue weighted by atomic mass is 19.1. The normalized spacial score (nSPS) is 18.4. The molecule has 1 aliphatic rings. The quantitative estimate of drug-likeness (QED) is 0.797. The summed E-state index contributed by atoms with van der Waals surface area (Å²) in [5.74, 6) is -0.398. The van der Waals surface area contributed by atoms with Gasteiger partial charge in [0.25, 0.3) is 0 Å². The second-order valence-electron chi connectivity index (χ2n) is 6.90. The highest BCUT2D eigenvalue weighted by Gasteiger charge is 2.51. The smallest absolute Gasteiger partial charge is 0.399 e. The molecule has 1 aromatic heterocycles. The van der Waals surface area contributed by atoms with E-state index in [1.807, 2.05) is 33.8 Å². The molecule has 1 saturated heterocycles. The Morgan fingerprint density at radius 2 is 1.75 bits per heavy atom. The molecule has 6 heteroatoms. The van der Waals surface area contributed by atoms with Crippen molar-refractivity contribution in [3.8, 4) is 17.2 Å². The molecule has 24 heavy (non-hydrogen) atoms. The van der Waals surface area contributed by atoms with Crippen molar-refractivity contribution in [3.63, 3.8) is 0 Å². The highest BCUT2D eigenvalue weighted by Crippen LogP contribution is 2.36. The van der Waals surface area contributed by atoms with Gasteiger partial charge >= 0.3 is 7.12 Å². The standard InChI is InChI=1S/C18H18BFN2O2/c1-17(2)18(3,4)24-19(23-17)14-7-13(10-22-11-14)16-8-15(20)6-5-12(16)9-21/h5-8,10-11H,1-4H3. The summed E-state index contributed by atoms with van der Waals surface area (Å²) in [6.45, 7) is 7.91. The van der Waals surface area contributed by atoms with E-state index in [1.165, 1.54) is 18.2 Å². The third-order valence-electron chi connectivity index (χ3n) is 4.70. The van der Waals surface area contributed by atoms with Gasteiger partial charge in [-0.2, -0.15) is 5.26 Å². The third-order valence-corrected chi connectivity index (χ3v) is 4.70. The van der Waals surface area contributed by atoms with Crippen molar-refractivity contribution in [2.24, 2.45) is 0 Å². The third kappa shape index (κ3) is 2.81. The zero-order valence-corrected chi connectivity index (χ0v) is 14.1. The molecule has 0 aliphatic carbocycles. The van der Waals surface area contributed by atoms with Crippen LogP contribution in [0.1, 0.15) is 33.3 Å². The van der Waals surface area contributed by atoms with Crippen LogP contribution in [-0.4, -0.2) is 23.3 Å². The number of pyridine rings is 1. The van der Waals surface area contributed by atoms with Crippen LogP contribution in [0.15, 0.2) is 36.7 Å². The minimum atomic E-state index is -0.554. The predicted octanol–water partition coefficient (Wildman–Crippen LogP) is 3.06. The SMILES string of the molecule is CC1(C)OB(c2cncc(-c3cc(F)ccc3C#N)c2)OC1(C)C. The second-order valence-corrected chi connectivity index (χ2v) is 6.90. The molecule has 2 aromatic rings. The molecular weight excluding hydrogens is 306 g/mol. The monoisotopic (exact) mass is 324 g/mol. The van der Waals surface area contributed by atoms with E-state index in [2.05, 4.69) is 11.1 Å². The van der Waals surface area contributed by atoms with Gasteiger partial charge in [0.2, 0.25) is 0 Å². The van der Waals surface area contributed by atoms with E-state index in [0.717, 1.165) is 5.46 Å². The Labute approximate surface area is 141 Å². The summed E-state index contributed by atoms with van der Waals surface area (Å²) in [6, 6.07) is 7.98. The van der Waals surface area contributed by atoms with Crippen LogP contribution in [0, 0.1) is 17.1 Å². The van der Waals surface area contributed by atoms with Gasteiger partial charge < -0.3 is 9.31 Å². The molecule has 4 nitrogen and oxygen atoms in total. The first-order valence-electron chi connectivity index (χ1n) is 7.74. The summed E-state index contributed by atoms with van der Waals surface area (Å²) < 4.78 is 25.6. The van der Waals surface area contributed by atoms with Crippen LogP contribution in [0.25, 0.3) is 11.1 Å². The summed E-state index contributed by atoms with van der Waals surface area (Å²) in [7, 11) is -0.554. The van der Waals surface area contributed by atoms with Gasteiger partial charge in [0.1, 0.15) is 5.82 Å². The van der Waals surface area contributed by atoms with Crippen LogP contribution >= 0.6 is 0 Å². The van der Waals surface area contributed by atoms with Gasteiger partial charge in [-0.25, -0.2) is 4.39 Å². The molecule has 1 aliphatic heterocycles. The van der Waals surface area contributed by atoms with E-state index >= 15 is 0 Å². The Morgan fingerprint density at radius 1 is 1.08 bits per heavy atom. The van der Waals surface area contributed by atoms with Gasteiger partial charge in [-0.3, -0.25) is 4.98 Å². The largest absolute Gasteiger partial charge is 0.496 e. The van der Waals surface area contributed by atoms with Crippen molar-refractivity contribution < 1.29 is 13.7 Å². The van der Waals surface area contributed by atoms with E-state index < -0.39 is 24.1 Å². The molecular formula is C18H18BFN2O2. The molecule has 0 radical (unpaired) electrons. The van der Waals surface area contributed by atoms with Crippen molar-refractivity contribution in [1.29, 1.82) is 5.26 Å². The number of rotatable bonds is 2. The van der Waals surface area contributed by atoms with Crippen LogP contribution in [0.3, 0.4) is 0 Å². The first-order valence-corrected chi connectivity index (χ1v) is 7.74. The molecule has 0 amide bonds. The van der Waals surface area contributed by atoms with Crippen LogP contribution in [0.2, 0.25) is 0 Å². The number of aromatic nitrogens is 1. The summed E-state index contributed by atoms with van der Waals surface area (Å²) in [4.78, 5) is 4.21. The van der Waals surface area contributed by atoms with Gasteiger partial charge in [-0.15, -0.1) is 0 Å². The molecule has 0 N–H and O–H groups in total. The number of hydrogen-bond acceptors (Lipinski definition) is 4. The molecule has 2 heterocycles. The summed E-state index contributed by atoms with van der Waals surface area (Å²) in [5, 5.41) is 9.25. The zero-order valence-electron chi connectivity index (χ0n) is 14.1. The molecule has 0 saturated carbocycles. The van der Waals surface area contributed by atoms with Crippen molar-refractivity contribution in [2.45, 2.75) is 38.9 Å². The van der Waals surface area contributed by atoms with Crippen LogP contribution in [-0.2, 0) is 9.31 Å². The number of hydrogen-bond donors (Lipinski definition) is 0. The molecule has 122 valence electrons. The summed E-state index contributed by atoms with van der Waals surface area (Å²) in [5.41, 5.74) is 1.37. The Hall–Kier alpha value is -2.23. The van der Waals surface area contributed by atoms with Crippen LogP contribution < -0.4 is 5.46 Å². The Morgan fingerprint density at radius 3 is 2.38 bits per heavy atom. The molecule has 0 unspecified atom stereocenters. The topological polar surface area (TPSA) is 55.1 Å². The average Bonchev–Trinajstić information content (AvgIpc) is 2.75. The van der Waals surface area contributed by atoms with Crippen molar-refractivity contribution in [1.82, 2.24) is 4.98 Å². The molecule has 0 spiro atoms. The minimum absolute atomic E-state index is 0.393. The molecule has 0 atom stereocenters. The van der Waals surface area contributed by atoms with E-state index in [-0.39, 0.29) is 0 Å². The molecule has 1 fully saturated rings. The van der Waals surface area contributed by atoms with Gasteiger partial charge in [0.05, 0.1) is 22.8 Å². The van der Waals surface area contributed by atoms with Crippen molar-refractivity contribution in [2.75, 3.05) is 0 Å². The van der Waals surface area contributed by atoms with E-state index in [0.29, 0.717) is 16.7 Å². The number of benzene rings is 1. The lowest BCUT2D eigenvalue weighted by Crippen LogP contribution is -2.41. The summed E-state index contributed by atoms with van der Waals surface area (Å²) >= 11 is 0. The summed E-state index contributed by atoms with van der Waals surface area (Å²) in [6.07, 6.45) is 3.27. The van der Waals surface area contributed by atoms with Crippen molar-refractivity contribution in [3.05, 3.63) is 48.0 Å². The maximum Gasteiger partial charge on any atom is 0.496 e. The lowest BCUT2D eigenvalue weighted by atomic mass is 9.79. The molecule has 0 bridgehead atoms. The second kappa shape index (κ2) is 5.69. The van der Waals surface area contributed by atoms with E-state index in [4.69, 9.17) is 9.31 Å². The van der Waals surface area contributed by atoms with Gasteiger partial charge in [-0.05, 0) is 45.9 Å². The molecule has 1 aromatic carbocycles. The first kappa shape index (κ1) is 16.6. The van der Waals surface area contributed by atoms with Gasteiger partial charge in [-0.1, -0.05) is 6.07 Å². The molecule has 3 rings (SSSR count). The van der Waals surface area contributed by atoms with Crippen LogP contribution in [0.5, 0.6) is 0 Å². The number of nitrogens with zero attached hydrogens (tertiary/aromatic N) is 2. The maximum absolute atomic E-state index is 13.6. The van der Waals surface area contributed by atoms with E-state index in [9.17, 15) is 9.65 Å². The van der Waals surface area contributed by atoms with Gasteiger partial charge in [0.15, 0.2) is 0 Å². The first-order chi connectivity index (χ1) is 11.2. The number of halogens is 1. The highest BCUT2D eigenvalue weighted by molar-refractivity contribution is 6.62. The lowest BCUT2D eigenvalue weighted by Gasteiger charge is -2.32. The van der Waals surface area contributed by atoms with Crippen molar-refractivity contribution >= 4 is 12.6 Å². The number of nitriles is 1. The fraction of sp³-hybridized carbons (Fsp3) is 0.333. The maximum atomic E-state index is 13.6. The predicted molar refractivity (Wildman–Crippen MR) is 90.1 cm³/mol. The van der Waals surface area contributed by atoms with Crippen LogP contribution in [0.4, 0.5) is 4.39 Å². The fourth-order valence-corrected chi connectivity index (χ4v) is 2.57. The fourth-order valence-electron chi connectivity index (χ4n) is 2.57. The average molecular weight is 324 g/mol. The zero-order chi connectivity index (χ0) is 17.5. The van der Waals surface area contributed by atoms with Gasteiger partial charge in [0, 0.05) is 29.0 Å².